The molecule has 192 valence electrons. The molecule has 4 heterocycles. The summed E-state index contributed by atoms with van der Waals surface area (Å²) in [5.41, 5.74) is 1.00. The minimum absolute atomic E-state index is 0.0710. The van der Waals surface area contributed by atoms with Gasteiger partial charge in [-0.2, -0.15) is 5.10 Å². The number of rotatable bonds is 7. The van der Waals surface area contributed by atoms with Crippen LogP contribution in [0, 0.1) is 5.82 Å². The van der Waals surface area contributed by atoms with E-state index in [4.69, 9.17) is 4.74 Å². The topological polar surface area (TPSA) is 103 Å². The van der Waals surface area contributed by atoms with Crippen molar-refractivity contribution in [3.05, 3.63) is 29.8 Å². The van der Waals surface area contributed by atoms with E-state index in [1.165, 1.54) is 19.6 Å². The van der Waals surface area contributed by atoms with Crippen LogP contribution in [-0.4, -0.2) is 83.2 Å². The minimum Gasteiger partial charge on any atom is -0.481 e. The average Bonchev–Trinajstić information content (AvgIpc) is 3.35. The van der Waals surface area contributed by atoms with E-state index in [0.717, 1.165) is 70.8 Å². The van der Waals surface area contributed by atoms with Crippen LogP contribution in [0.25, 0.3) is 11.3 Å². The lowest BCUT2D eigenvalue weighted by Gasteiger charge is -2.35. The third kappa shape index (κ3) is 7.24. The minimum atomic E-state index is -0.506. The number of piperidine rings is 2. The third-order valence-electron chi connectivity index (χ3n) is 6.56. The lowest BCUT2D eigenvalue weighted by molar-refractivity contribution is -0.110. The van der Waals surface area contributed by atoms with Gasteiger partial charge in [-0.3, -0.25) is 14.7 Å². The van der Waals surface area contributed by atoms with Crippen LogP contribution in [0.15, 0.2) is 18.3 Å². The van der Waals surface area contributed by atoms with Crippen LogP contribution in [0.2, 0.25) is 0 Å². The number of ether oxygens (including phenoxy) is 1. The fourth-order valence-corrected chi connectivity index (χ4v) is 4.75. The molecule has 0 aliphatic carbocycles. The molecule has 1 unspecified atom stereocenters. The van der Waals surface area contributed by atoms with E-state index in [1.807, 2.05) is 4.90 Å². The molecule has 9 nitrogen and oxygen atoms in total. The van der Waals surface area contributed by atoms with Gasteiger partial charge in [0.15, 0.2) is 5.82 Å². The number of hydrogen-bond donors (Lipinski definition) is 2. The third-order valence-corrected chi connectivity index (χ3v) is 6.56. The van der Waals surface area contributed by atoms with Gasteiger partial charge < -0.3 is 19.9 Å². The van der Waals surface area contributed by atoms with Gasteiger partial charge in [-0.05, 0) is 58.2 Å². The first-order valence-corrected chi connectivity index (χ1v) is 12.4. The average molecular weight is 489 g/mol. The summed E-state index contributed by atoms with van der Waals surface area (Å²) in [5.74, 6) is -0.280. The van der Waals surface area contributed by atoms with Gasteiger partial charge in [-0.25, -0.2) is 9.37 Å². The zero-order valence-corrected chi connectivity index (χ0v) is 20.9. The number of amides is 2. The van der Waals surface area contributed by atoms with Gasteiger partial charge >= 0.3 is 0 Å². The molecule has 2 amide bonds. The summed E-state index contributed by atoms with van der Waals surface area (Å²) in [6.45, 7) is 5.05. The normalized spacial score (nSPS) is 20.5. The number of nitrogens with one attached hydrogen (secondary N) is 2. The Hall–Kier alpha value is -3.01. The zero-order valence-electron chi connectivity index (χ0n) is 20.9. The molecule has 0 aromatic carbocycles. The van der Waals surface area contributed by atoms with Gasteiger partial charge in [0, 0.05) is 36.8 Å². The summed E-state index contributed by atoms with van der Waals surface area (Å²) in [7, 11) is 3.55. The molecule has 35 heavy (non-hydrogen) atoms. The SMILES string of the molecule is CCC[C@@H]1CCCCN1C(=O)c1cc(-c2cc(OC)ncc2F)n[nH]1.CN1CCCC(NC=O)C1. The molecule has 2 aliphatic rings. The highest BCUT2D eigenvalue weighted by atomic mass is 19.1. The Labute approximate surface area is 206 Å². The molecule has 4 rings (SSSR count). The number of likely N-dealkylation sites (tertiary alicyclic amines) is 2. The Morgan fingerprint density at radius 1 is 1.29 bits per heavy atom. The molecule has 2 aliphatic heterocycles. The first-order valence-electron chi connectivity index (χ1n) is 12.4. The lowest BCUT2D eigenvalue weighted by Crippen LogP contribution is -2.43. The maximum atomic E-state index is 14.1. The number of carbonyl (C=O) groups excluding carboxylic acids is 2. The first kappa shape index (κ1) is 26.6. The summed E-state index contributed by atoms with van der Waals surface area (Å²) in [4.78, 5) is 30.9. The Kier molecular flexibility index (Phi) is 10.0. The first-order chi connectivity index (χ1) is 17.0. The monoisotopic (exact) mass is 488 g/mol. The number of hydrogen-bond acceptors (Lipinski definition) is 6. The summed E-state index contributed by atoms with van der Waals surface area (Å²) in [6.07, 6.45) is 9.47. The van der Waals surface area contributed by atoms with E-state index < -0.39 is 5.82 Å². The fraction of sp³-hybridized carbons (Fsp3) is 0.600. The number of aromatic amines is 1. The predicted molar refractivity (Wildman–Crippen MR) is 132 cm³/mol. The highest BCUT2D eigenvalue weighted by Crippen LogP contribution is 2.26. The number of likely N-dealkylation sites (N-methyl/N-ethyl adjacent to an activating group) is 1. The van der Waals surface area contributed by atoms with E-state index in [1.54, 1.807) is 6.07 Å². The van der Waals surface area contributed by atoms with Gasteiger partial charge in [0.1, 0.15) is 5.69 Å². The second-order valence-corrected chi connectivity index (χ2v) is 9.20. The second kappa shape index (κ2) is 13.2. The molecule has 0 radical (unpaired) electrons. The lowest BCUT2D eigenvalue weighted by atomic mass is 9.98. The van der Waals surface area contributed by atoms with Crippen LogP contribution < -0.4 is 10.1 Å². The van der Waals surface area contributed by atoms with Crippen LogP contribution in [0.5, 0.6) is 5.88 Å². The Morgan fingerprint density at radius 3 is 2.83 bits per heavy atom. The van der Waals surface area contributed by atoms with E-state index >= 15 is 0 Å². The van der Waals surface area contributed by atoms with Crippen LogP contribution in [-0.2, 0) is 4.79 Å². The number of halogens is 1. The van der Waals surface area contributed by atoms with E-state index in [2.05, 4.69) is 39.4 Å². The van der Waals surface area contributed by atoms with Crippen molar-refractivity contribution in [3.63, 3.8) is 0 Å². The molecule has 2 aromatic rings. The molecule has 10 heteroatoms. The molecule has 2 aromatic heterocycles. The number of aromatic nitrogens is 3. The zero-order chi connectivity index (χ0) is 25.2. The van der Waals surface area contributed by atoms with Crippen molar-refractivity contribution in [1.82, 2.24) is 30.3 Å². The molecular weight excluding hydrogens is 451 g/mol. The maximum Gasteiger partial charge on any atom is 0.272 e. The van der Waals surface area contributed by atoms with Crippen LogP contribution in [0.4, 0.5) is 4.39 Å². The largest absolute Gasteiger partial charge is 0.481 e. The van der Waals surface area contributed by atoms with Gasteiger partial charge in [0.25, 0.3) is 5.91 Å². The molecule has 0 saturated carbocycles. The summed E-state index contributed by atoms with van der Waals surface area (Å²) in [6, 6.07) is 3.73. The van der Waals surface area contributed by atoms with E-state index in [-0.39, 0.29) is 17.5 Å². The smallest absolute Gasteiger partial charge is 0.272 e. The highest BCUT2D eigenvalue weighted by Gasteiger charge is 2.28. The Bertz CT molecular complexity index is 966. The van der Waals surface area contributed by atoms with Gasteiger partial charge in [0.05, 0.1) is 19.0 Å². The molecule has 2 N–H and O–H groups in total. The van der Waals surface area contributed by atoms with Crippen molar-refractivity contribution >= 4 is 12.3 Å². The molecule has 2 saturated heterocycles. The summed E-state index contributed by atoms with van der Waals surface area (Å²) >= 11 is 0. The van der Waals surface area contributed by atoms with Crippen molar-refractivity contribution < 1.29 is 18.7 Å². The van der Waals surface area contributed by atoms with Crippen LogP contribution in [0.1, 0.15) is 62.4 Å². The van der Waals surface area contributed by atoms with Crippen molar-refractivity contribution in [3.8, 4) is 17.1 Å². The van der Waals surface area contributed by atoms with Gasteiger partial charge in [-0.15, -0.1) is 0 Å². The number of methoxy groups -OCH3 is 1. The van der Waals surface area contributed by atoms with Gasteiger partial charge in [0.2, 0.25) is 12.3 Å². The van der Waals surface area contributed by atoms with E-state index in [9.17, 15) is 14.0 Å². The highest BCUT2D eigenvalue weighted by molar-refractivity contribution is 5.93. The number of nitrogens with zero attached hydrogens (tertiary/aromatic N) is 4. The van der Waals surface area contributed by atoms with Gasteiger partial charge in [-0.1, -0.05) is 13.3 Å². The quantitative estimate of drug-likeness (QED) is 0.580. The number of carbonyl (C=O) groups is 2. The maximum absolute atomic E-state index is 14.1. The molecule has 0 bridgehead atoms. The van der Waals surface area contributed by atoms with Crippen molar-refractivity contribution in [2.75, 3.05) is 33.8 Å². The van der Waals surface area contributed by atoms with E-state index in [0.29, 0.717) is 23.3 Å². The second-order valence-electron chi connectivity index (χ2n) is 9.20. The number of H-pyrrole nitrogens is 1. The molecule has 0 spiro atoms. The molecular formula is C25H37FN6O3. The Morgan fingerprint density at radius 2 is 2.11 bits per heavy atom. The Balaban J connectivity index is 0.000000287. The van der Waals surface area contributed by atoms with Crippen molar-refractivity contribution in [2.45, 2.75) is 64.0 Å². The fourth-order valence-electron chi connectivity index (χ4n) is 4.75. The van der Waals surface area contributed by atoms with Crippen LogP contribution in [0.3, 0.4) is 0 Å². The standard InChI is InChI=1S/C18H23FN4O2.C7H14N2O/c1-3-6-12-7-4-5-8-23(12)18(24)16-10-15(21-22-16)13-9-17(25-2)20-11-14(13)19;1-9-4-2-3-7(5-9)8-6-10/h9-12H,3-8H2,1-2H3,(H,21,22);6-7H,2-5H2,1H3,(H,8,10)/t12-;/m1./s1. The van der Waals surface area contributed by atoms with Crippen molar-refractivity contribution in [2.24, 2.45) is 0 Å². The predicted octanol–water partition coefficient (Wildman–Crippen LogP) is 3.24. The number of pyridine rings is 1. The summed E-state index contributed by atoms with van der Waals surface area (Å²) in [5, 5.41) is 9.67. The summed E-state index contributed by atoms with van der Waals surface area (Å²) < 4.78 is 19.1. The van der Waals surface area contributed by atoms with Crippen molar-refractivity contribution in [1.29, 1.82) is 0 Å². The molecule has 2 fully saturated rings. The van der Waals surface area contributed by atoms with Crippen LogP contribution >= 0.6 is 0 Å². The molecule has 2 atom stereocenters.